The first-order chi connectivity index (χ1) is 14.8. The number of nitrogens with one attached hydrogen (secondary N) is 1. The molecule has 3 rings (SSSR count). The SMILES string of the molecule is O=C(OC(=O)C(F)(F)F)c1n[nH]nc1-c1ccc(-c2ccc(OC(F)(F)F)cc2)c(Cl)c1. The van der Waals surface area contributed by atoms with Crippen LogP contribution in [0.3, 0.4) is 0 Å². The van der Waals surface area contributed by atoms with Crippen molar-refractivity contribution in [2.45, 2.75) is 12.5 Å². The molecule has 7 nitrogen and oxygen atoms in total. The molecular formula is C18H8ClF6N3O4. The lowest BCUT2D eigenvalue weighted by molar-refractivity contribution is -0.274. The molecular weight excluding hydrogens is 472 g/mol. The number of hydrogen-bond donors (Lipinski definition) is 1. The highest BCUT2D eigenvalue weighted by molar-refractivity contribution is 6.33. The van der Waals surface area contributed by atoms with Crippen molar-refractivity contribution in [2.75, 3.05) is 0 Å². The zero-order chi connectivity index (χ0) is 23.7. The van der Waals surface area contributed by atoms with Crippen molar-refractivity contribution in [1.82, 2.24) is 15.4 Å². The summed E-state index contributed by atoms with van der Waals surface area (Å²) in [6, 6.07) is 8.90. The van der Waals surface area contributed by atoms with E-state index >= 15 is 0 Å². The largest absolute Gasteiger partial charge is 0.573 e. The van der Waals surface area contributed by atoms with Gasteiger partial charge in [0.15, 0.2) is 5.69 Å². The molecule has 0 atom stereocenters. The number of halogens is 7. The van der Waals surface area contributed by atoms with Crippen LogP contribution in [-0.2, 0) is 9.53 Å². The number of H-pyrrole nitrogens is 1. The third-order valence-electron chi connectivity index (χ3n) is 3.80. The first-order valence-electron chi connectivity index (χ1n) is 8.25. The van der Waals surface area contributed by atoms with Gasteiger partial charge in [0.05, 0.1) is 0 Å². The molecule has 1 N–H and O–H groups in total. The van der Waals surface area contributed by atoms with Crippen LogP contribution < -0.4 is 4.74 Å². The second-order valence-electron chi connectivity index (χ2n) is 5.96. The lowest BCUT2D eigenvalue weighted by atomic mass is 10.0. The van der Waals surface area contributed by atoms with Crippen molar-refractivity contribution >= 4 is 23.5 Å². The van der Waals surface area contributed by atoms with Gasteiger partial charge in [-0.05, 0) is 23.8 Å². The molecule has 0 aliphatic carbocycles. The Bertz CT molecular complexity index is 1160. The zero-order valence-corrected chi connectivity index (χ0v) is 16.0. The van der Waals surface area contributed by atoms with Crippen LogP contribution >= 0.6 is 11.6 Å². The summed E-state index contributed by atoms with van der Waals surface area (Å²) in [6.45, 7) is 0. The highest BCUT2D eigenvalue weighted by Crippen LogP contribution is 2.34. The van der Waals surface area contributed by atoms with Crippen LogP contribution in [-0.4, -0.2) is 39.9 Å². The number of alkyl halides is 6. The summed E-state index contributed by atoms with van der Waals surface area (Å²) in [5.74, 6) is -4.84. The van der Waals surface area contributed by atoms with Crippen molar-refractivity contribution in [2.24, 2.45) is 0 Å². The van der Waals surface area contributed by atoms with Crippen LogP contribution in [0, 0.1) is 0 Å². The molecule has 3 aromatic rings. The maximum atomic E-state index is 12.3. The number of hydrogen-bond acceptors (Lipinski definition) is 6. The first kappa shape index (κ1) is 23.1. The lowest BCUT2D eigenvalue weighted by Gasteiger charge is -2.10. The molecule has 32 heavy (non-hydrogen) atoms. The van der Waals surface area contributed by atoms with E-state index in [2.05, 4.69) is 19.7 Å². The molecule has 2 aromatic carbocycles. The molecule has 1 heterocycles. The number of rotatable bonds is 4. The van der Waals surface area contributed by atoms with Crippen molar-refractivity contribution in [1.29, 1.82) is 0 Å². The Morgan fingerprint density at radius 3 is 2.09 bits per heavy atom. The summed E-state index contributed by atoms with van der Waals surface area (Å²) in [7, 11) is 0. The van der Waals surface area contributed by atoms with Crippen LogP contribution in [0.25, 0.3) is 22.4 Å². The Morgan fingerprint density at radius 2 is 1.53 bits per heavy atom. The van der Waals surface area contributed by atoms with Crippen LogP contribution in [0.1, 0.15) is 10.5 Å². The summed E-state index contributed by atoms with van der Waals surface area (Å²) >= 11 is 6.21. The molecule has 0 unspecified atom stereocenters. The van der Waals surface area contributed by atoms with Crippen LogP contribution in [0.15, 0.2) is 42.5 Å². The van der Waals surface area contributed by atoms with Gasteiger partial charge in [0.1, 0.15) is 11.4 Å². The van der Waals surface area contributed by atoms with Gasteiger partial charge in [0, 0.05) is 16.1 Å². The average Bonchev–Trinajstić information content (AvgIpc) is 3.17. The third kappa shape index (κ3) is 5.35. The number of esters is 2. The van der Waals surface area contributed by atoms with E-state index in [9.17, 15) is 35.9 Å². The van der Waals surface area contributed by atoms with Crippen molar-refractivity contribution in [3.63, 3.8) is 0 Å². The van der Waals surface area contributed by atoms with Gasteiger partial charge in [0.25, 0.3) is 0 Å². The number of nitrogens with zero attached hydrogens (tertiary/aromatic N) is 2. The standard InChI is InChI=1S/C18H8ClF6N3O4/c19-12-7-9(13-14(27-28-26-13)15(29)31-16(30)17(20,21)22)3-6-11(12)8-1-4-10(5-2-8)32-18(23,24)25/h1-7H,(H,26,27,28). The average molecular weight is 480 g/mol. The van der Waals surface area contributed by atoms with E-state index in [1.165, 1.54) is 30.3 Å². The third-order valence-corrected chi connectivity index (χ3v) is 4.11. The molecule has 0 spiro atoms. The molecule has 14 heteroatoms. The van der Waals surface area contributed by atoms with E-state index in [0.29, 0.717) is 11.1 Å². The minimum absolute atomic E-state index is 0.0701. The molecule has 168 valence electrons. The van der Waals surface area contributed by atoms with E-state index in [4.69, 9.17) is 11.6 Å². The van der Waals surface area contributed by atoms with Crippen molar-refractivity contribution in [3.05, 3.63) is 53.2 Å². The van der Waals surface area contributed by atoms with Crippen LogP contribution in [0.5, 0.6) is 5.75 Å². The van der Waals surface area contributed by atoms with E-state index in [1.54, 1.807) is 0 Å². The maximum absolute atomic E-state index is 12.3. The summed E-state index contributed by atoms with van der Waals surface area (Å²) in [6.07, 6.45) is -10.2. The van der Waals surface area contributed by atoms with Gasteiger partial charge in [-0.1, -0.05) is 35.9 Å². The summed E-state index contributed by atoms with van der Waals surface area (Å²) < 4.78 is 81.2. The van der Waals surface area contributed by atoms with Gasteiger partial charge in [-0.15, -0.1) is 18.3 Å². The second kappa shape index (κ2) is 8.49. The molecule has 0 saturated carbocycles. The van der Waals surface area contributed by atoms with Gasteiger partial charge in [0.2, 0.25) is 0 Å². The minimum Gasteiger partial charge on any atom is -0.406 e. The van der Waals surface area contributed by atoms with E-state index in [1.807, 2.05) is 5.21 Å². The Labute approximate surface area is 178 Å². The first-order valence-corrected chi connectivity index (χ1v) is 8.63. The minimum atomic E-state index is -5.38. The number of aromatic nitrogens is 3. The fraction of sp³-hybridized carbons (Fsp3) is 0.111. The predicted molar refractivity (Wildman–Crippen MR) is 95.4 cm³/mol. The summed E-state index contributed by atoms with van der Waals surface area (Å²) in [5.41, 5.74) is 0.00355. The summed E-state index contributed by atoms with van der Waals surface area (Å²) in [4.78, 5) is 22.7. The molecule has 1 aromatic heterocycles. The van der Waals surface area contributed by atoms with Gasteiger partial charge in [-0.25, -0.2) is 9.59 Å². The molecule has 0 aliphatic rings. The predicted octanol–water partition coefficient (Wildman–Crippen LogP) is 4.94. The van der Waals surface area contributed by atoms with Crippen LogP contribution in [0.4, 0.5) is 26.3 Å². The molecule has 0 fully saturated rings. The molecule has 0 bridgehead atoms. The quantitative estimate of drug-likeness (QED) is 0.324. The number of aromatic amines is 1. The molecule has 0 amide bonds. The molecule has 0 saturated heterocycles. The van der Waals surface area contributed by atoms with E-state index in [-0.39, 0.29) is 16.3 Å². The highest BCUT2D eigenvalue weighted by atomic mass is 35.5. The topological polar surface area (TPSA) is 94.2 Å². The summed E-state index contributed by atoms with van der Waals surface area (Å²) in [5, 5.41) is 9.16. The zero-order valence-electron chi connectivity index (χ0n) is 15.2. The number of benzene rings is 2. The fourth-order valence-corrected chi connectivity index (χ4v) is 2.79. The van der Waals surface area contributed by atoms with Gasteiger partial charge >= 0.3 is 24.5 Å². The Morgan fingerprint density at radius 1 is 0.906 bits per heavy atom. The monoisotopic (exact) mass is 479 g/mol. The van der Waals surface area contributed by atoms with Crippen LogP contribution in [0.2, 0.25) is 5.02 Å². The van der Waals surface area contributed by atoms with Crippen molar-refractivity contribution < 1.29 is 45.4 Å². The second-order valence-corrected chi connectivity index (χ2v) is 6.37. The number of carbonyl (C=O) groups excluding carboxylic acids is 2. The number of carbonyl (C=O) groups is 2. The van der Waals surface area contributed by atoms with Crippen molar-refractivity contribution in [3.8, 4) is 28.1 Å². The Kier molecular flexibility index (Phi) is 6.12. The Hall–Kier alpha value is -3.61. The smallest absolute Gasteiger partial charge is 0.406 e. The van der Waals surface area contributed by atoms with Gasteiger partial charge in [-0.3, -0.25) is 0 Å². The fourth-order valence-electron chi connectivity index (χ4n) is 2.50. The molecule has 0 aliphatic heterocycles. The van der Waals surface area contributed by atoms with E-state index < -0.39 is 35.9 Å². The van der Waals surface area contributed by atoms with Gasteiger partial charge < -0.3 is 9.47 Å². The molecule has 0 radical (unpaired) electrons. The normalized spacial score (nSPS) is 11.8. The maximum Gasteiger partial charge on any atom is 0.573 e. The van der Waals surface area contributed by atoms with E-state index in [0.717, 1.165) is 12.1 Å². The van der Waals surface area contributed by atoms with Gasteiger partial charge in [-0.2, -0.15) is 23.5 Å². The highest BCUT2D eigenvalue weighted by Gasteiger charge is 2.43. The number of ether oxygens (including phenoxy) is 2. The Balaban J connectivity index is 1.85. The lowest BCUT2D eigenvalue weighted by Crippen LogP contribution is -2.28.